The summed E-state index contributed by atoms with van der Waals surface area (Å²) in [6, 6.07) is 8.61. The van der Waals surface area contributed by atoms with Crippen LogP contribution in [0.25, 0.3) is 0 Å². The lowest BCUT2D eigenvalue weighted by Crippen LogP contribution is -2.46. The van der Waals surface area contributed by atoms with Crippen molar-refractivity contribution in [2.24, 2.45) is 5.92 Å². The van der Waals surface area contributed by atoms with Gasteiger partial charge in [-0.1, -0.05) is 38.1 Å². The van der Waals surface area contributed by atoms with Crippen molar-refractivity contribution in [3.05, 3.63) is 35.4 Å². The number of aryl methyl sites for hydroxylation is 1. The average Bonchev–Trinajstić information content (AvgIpc) is 3.26. The number of hydrogen-bond donors (Lipinski definition) is 2. The third-order valence-electron chi connectivity index (χ3n) is 6.09. The predicted molar refractivity (Wildman–Crippen MR) is 112 cm³/mol. The summed E-state index contributed by atoms with van der Waals surface area (Å²) < 4.78 is 0. The first-order valence-corrected chi connectivity index (χ1v) is 10.9. The van der Waals surface area contributed by atoms with Crippen LogP contribution in [0.5, 0.6) is 0 Å². The normalized spacial score (nSPS) is 22.5. The summed E-state index contributed by atoms with van der Waals surface area (Å²) in [7, 11) is 0. The molecule has 28 heavy (non-hydrogen) atoms. The fourth-order valence-corrected chi connectivity index (χ4v) is 4.21. The predicted octanol–water partition coefficient (Wildman–Crippen LogP) is 2.85. The summed E-state index contributed by atoms with van der Waals surface area (Å²) in [6.07, 6.45) is 5.47. The van der Waals surface area contributed by atoms with Gasteiger partial charge in [-0.05, 0) is 61.6 Å². The number of amides is 2. The molecule has 0 spiro atoms. The summed E-state index contributed by atoms with van der Waals surface area (Å²) >= 11 is 0. The maximum atomic E-state index is 12.7. The number of nitrogens with zero attached hydrogens (tertiary/aromatic N) is 1. The number of likely N-dealkylation sites (tertiary alicyclic amines) is 1. The van der Waals surface area contributed by atoms with Crippen molar-refractivity contribution >= 4 is 11.8 Å². The minimum atomic E-state index is -0.0246. The number of rotatable bonds is 7. The molecule has 5 heteroatoms. The fourth-order valence-electron chi connectivity index (χ4n) is 4.21. The van der Waals surface area contributed by atoms with Gasteiger partial charge < -0.3 is 15.5 Å². The van der Waals surface area contributed by atoms with Crippen molar-refractivity contribution in [2.75, 3.05) is 26.2 Å². The van der Waals surface area contributed by atoms with Crippen LogP contribution in [-0.2, 0) is 16.0 Å². The third kappa shape index (κ3) is 5.81. The van der Waals surface area contributed by atoms with E-state index in [2.05, 4.69) is 48.7 Å². The maximum Gasteiger partial charge on any atom is 0.237 e. The molecule has 1 aromatic rings. The van der Waals surface area contributed by atoms with E-state index in [0.717, 1.165) is 51.7 Å². The summed E-state index contributed by atoms with van der Waals surface area (Å²) in [5.41, 5.74) is 2.56. The van der Waals surface area contributed by atoms with Gasteiger partial charge in [0.15, 0.2) is 0 Å². The van der Waals surface area contributed by atoms with Crippen LogP contribution < -0.4 is 10.6 Å². The SMILES string of the molecule is CC(C)c1ccc(CCC(=O)N2CCCC(CNC(=O)C3CCCN3)C2)cc1. The molecule has 1 aromatic carbocycles. The van der Waals surface area contributed by atoms with E-state index in [1.165, 1.54) is 11.1 Å². The molecule has 5 nitrogen and oxygen atoms in total. The first kappa shape index (κ1) is 20.8. The molecule has 0 saturated carbocycles. The molecule has 2 heterocycles. The van der Waals surface area contributed by atoms with Crippen LogP contribution in [0.2, 0.25) is 0 Å². The minimum Gasteiger partial charge on any atom is -0.354 e. The number of benzene rings is 1. The van der Waals surface area contributed by atoms with E-state index in [4.69, 9.17) is 0 Å². The first-order valence-electron chi connectivity index (χ1n) is 10.9. The molecular formula is C23H35N3O2. The van der Waals surface area contributed by atoms with E-state index < -0.39 is 0 Å². The standard InChI is InChI=1S/C23H35N3O2/c1-17(2)20-10-7-18(8-11-20)9-12-22(27)26-14-4-5-19(16-26)15-25-23(28)21-6-3-13-24-21/h7-8,10-11,17,19,21,24H,3-6,9,12-16H2,1-2H3,(H,25,28). The second kappa shape index (κ2) is 10.1. The lowest BCUT2D eigenvalue weighted by molar-refractivity contribution is -0.132. The van der Waals surface area contributed by atoms with E-state index in [0.29, 0.717) is 24.8 Å². The van der Waals surface area contributed by atoms with Gasteiger partial charge in [-0.2, -0.15) is 0 Å². The van der Waals surface area contributed by atoms with E-state index >= 15 is 0 Å². The maximum absolute atomic E-state index is 12.7. The van der Waals surface area contributed by atoms with E-state index in [1.54, 1.807) is 0 Å². The van der Waals surface area contributed by atoms with Crippen LogP contribution in [0.1, 0.15) is 63.0 Å². The number of hydrogen-bond acceptors (Lipinski definition) is 3. The minimum absolute atomic E-state index is 0.0246. The smallest absolute Gasteiger partial charge is 0.237 e. The van der Waals surface area contributed by atoms with Crippen LogP contribution in [0.15, 0.2) is 24.3 Å². The van der Waals surface area contributed by atoms with Crippen molar-refractivity contribution < 1.29 is 9.59 Å². The molecular weight excluding hydrogens is 350 g/mol. The zero-order valence-corrected chi connectivity index (χ0v) is 17.4. The highest BCUT2D eigenvalue weighted by atomic mass is 16.2. The van der Waals surface area contributed by atoms with Crippen LogP contribution in [-0.4, -0.2) is 48.9 Å². The first-order chi connectivity index (χ1) is 13.5. The highest BCUT2D eigenvalue weighted by Gasteiger charge is 2.26. The lowest BCUT2D eigenvalue weighted by atomic mass is 9.97. The average molecular weight is 386 g/mol. The Kier molecular flexibility index (Phi) is 7.49. The monoisotopic (exact) mass is 385 g/mol. The summed E-state index contributed by atoms with van der Waals surface area (Å²) in [4.78, 5) is 26.8. The van der Waals surface area contributed by atoms with Crippen LogP contribution in [0.4, 0.5) is 0 Å². The molecule has 0 radical (unpaired) electrons. The van der Waals surface area contributed by atoms with Crippen LogP contribution in [0, 0.1) is 5.92 Å². The molecule has 2 aliphatic rings. The largest absolute Gasteiger partial charge is 0.354 e. The number of carbonyl (C=O) groups is 2. The number of nitrogens with one attached hydrogen (secondary N) is 2. The van der Waals surface area contributed by atoms with E-state index in [9.17, 15) is 9.59 Å². The van der Waals surface area contributed by atoms with Gasteiger partial charge in [-0.15, -0.1) is 0 Å². The molecule has 3 rings (SSSR count). The fraction of sp³-hybridized carbons (Fsp3) is 0.652. The van der Waals surface area contributed by atoms with Gasteiger partial charge in [-0.3, -0.25) is 9.59 Å². The van der Waals surface area contributed by atoms with Gasteiger partial charge in [-0.25, -0.2) is 0 Å². The molecule has 2 saturated heterocycles. The molecule has 2 atom stereocenters. The van der Waals surface area contributed by atoms with Gasteiger partial charge in [0.25, 0.3) is 0 Å². The molecule has 2 N–H and O–H groups in total. The molecule has 0 bridgehead atoms. The van der Waals surface area contributed by atoms with Gasteiger partial charge in [0.05, 0.1) is 6.04 Å². The molecule has 2 fully saturated rings. The van der Waals surface area contributed by atoms with Crippen molar-refractivity contribution in [3.63, 3.8) is 0 Å². The molecule has 2 unspecified atom stereocenters. The van der Waals surface area contributed by atoms with Gasteiger partial charge >= 0.3 is 0 Å². The van der Waals surface area contributed by atoms with Gasteiger partial charge in [0.2, 0.25) is 11.8 Å². The van der Waals surface area contributed by atoms with Crippen LogP contribution >= 0.6 is 0 Å². The van der Waals surface area contributed by atoms with Gasteiger partial charge in [0.1, 0.15) is 0 Å². The van der Waals surface area contributed by atoms with E-state index in [1.807, 2.05) is 4.90 Å². The molecule has 0 aliphatic carbocycles. The Morgan fingerprint density at radius 2 is 1.96 bits per heavy atom. The summed E-state index contributed by atoms with van der Waals surface area (Å²) in [6.45, 7) is 7.61. The van der Waals surface area contributed by atoms with Crippen molar-refractivity contribution in [3.8, 4) is 0 Å². The van der Waals surface area contributed by atoms with Crippen LogP contribution in [0.3, 0.4) is 0 Å². The Morgan fingerprint density at radius 3 is 2.64 bits per heavy atom. The second-order valence-corrected chi connectivity index (χ2v) is 8.64. The Balaban J connectivity index is 1.41. The Bertz CT molecular complexity index is 650. The Morgan fingerprint density at radius 1 is 1.18 bits per heavy atom. The number of piperidine rings is 1. The topological polar surface area (TPSA) is 61.4 Å². The molecule has 2 amide bonds. The third-order valence-corrected chi connectivity index (χ3v) is 6.09. The van der Waals surface area contributed by atoms with Crippen molar-refractivity contribution in [1.29, 1.82) is 0 Å². The highest BCUT2D eigenvalue weighted by Crippen LogP contribution is 2.19. The van der Waals surface area contributed by atoms with Crippen molar-refractivity contribution in [1.82, 2.24) is 15.5 Å². The number of carbonyl (C=O) groups excluding carboxylic acids is 2. The molecule has 2 aliphatic heterocycles. The summed E-state index contributed by atoms with van der Waals surface area (Å²) in [5.74, 6) is 1.26. The Hall–Kier alpha value is -1.88. The van der Waals surface area contributed by atoms with E-state index in [-0.39, 0.29) is 17.9 Å². The van der Waals surface area contributed by atoms with Gasteiger partial charge in [0, 0.05) is 26.1 Å². The second-order valence-electron chi connectivity index (χ2n) is 8.64. The summed E-state index contributed by atoms with van der Waals surface area (Å²) in [5, 5.41) is 6.32. The zero-order valence-electron chi connectivity index (χ0n) is 17.4. The Labute approximate surface area is 169 Å². The zero-order chi connectivity index (χ0) is 19.9. The lowest BCUT2D eigenvalue weighted by Gasteiger charge is -2.33. The quantitative estimate of drug-likeness (QED) is 0.759. The molecule has 154 valence electrons. The van der Waals surface area contributed by atoms with Crippen molar-refractivity contribution in [2.45, 2.75) is 64.3 Å². The molecule has 0 aromatic heterocycles. The highest BCUT2D eigenvalue weighted by molar-refractivity contribution is 5.82.